The normalized spacial score (nSPS) is 20.5. The number of piperazine rings is 1. The minimum Gasteiger partial charge on any atom is -0.368 e. The van der Waals surface area contributed by atoms with Crippen molar-refractivity contribution in [1.82, 2.24) is 9.62 Å². The van der Waals surface area contributed by atoms with Gasteiger partial charge in [-0.05, 0) is 42.7 Å². The van der Waals surface area contributed by atoms with Crippen LogP contribution in [0.1, 0.15) is 31.4 Å². The molecule has 2 aromatic carbocycles. The van der Waals surface area contributed by atoms with E-state index in [1.54, 1.807) is 24.3 Å². The smallest absolute Gasteiger partial charge is 0.263 e. The largest absolute Gasteiger partial charge is 0.368 e. The molecule has 4 rings (SSSR count). The first kappa shape index (κ1) is 22.3. The second-order valence-electron chi connectivity index (χ2n) is 8.56. The van der Waals surface area contributed by atoms with Gasteiger partial charge in [0.15, 0.2) is 0 Å². The molecular weight excluding hydrogens is 424 g/mol. The van der Waals surface area contributed by atoms with Gasteiger partial charge < -0.3 is 9.80 Å². The molecule has 2 aliphatic rings. The molecular formula is C24H30N4O3S. The molecule has 7 nitrogen and oxygen atoms in total. The molecule has 0 saturated carbocycles. The van der Waals surface area contributed by atoms with E-state index in [1.807, 2.05) is 18.7 Å². The standard InChI is InChI=1S/C24H30N4O3S/c1-4-18(3)22(25-23-20-10-5-6-11-21(20)32(30,31)26-23)24(29)28-14-12-27(13-15-28)19-9-7-8-17(2)16-19/h5-11,16,18,22H,4,12-15H2,1-3H3,(H,25,26)/t18-,22+/m0/s1. The van der Waals surface area contributed by atoms with Crippen molar-refractivity contribution in [2.75, 3.05) is 31.1 Å². The highest BCUT2D eigenvalue weighted by atomic mass is 32.2. The quantitative estimate of drug-likeness (QED) is 0.753. The van der Waals surface area contributed by atoms with E-state index < -0.39 is 16.1 Å². The summed E-state index contributed by atoms with van der Waals surface area (Å²) in [7, 11) is -3.64. The number of sulfonamides is 1. The molecule has 0 aromatic heterocycles. The first-order valence-electron chi connectivity index (χ1n) is 11.1. The maximum absolute atomic E-state index is 13.5. The number of benzene rings is 2. The summed E-state index contributed by atoms with van der Waals surface area (Å²) in [6, 6.07) is 14.5. The molecule has 0 spiro atoms. The average Bonchev–Trinajstić information content (AvgIpc) is 3.06. The van der Waals surface area contributed by atoms with E-state index in [0.29, 0.717) is 18.7 Å². The van der Waals surface area contributed by atoms with Crippen LogP contribution in [-0.4, -0.2) is 57.3 Å². The molecule has 170 valence electrons. The predicted molar refractivity (Wildman–Crippen MR) is 127 cm³/mol. The molecule has 1 amide bonds. The van der Waals surface area contributed by atoms with Crippen LogP contribution >= 0.6 is 0 Å². The van der Waals surface area contributed by atoms with E-state index in [1.165, 1.54) is 11.3 Å². The Kier molecular flexibility index (Phi) is 6.24. The number of aliphatic imine (C=N–C) groups is 1. The number of rotatable bonds is 5. The Balaban J connectivity index is 1.54. The molecule has 0 unspecified atom stereocenters. The van der Waals surface area contributed by atoms with Gasteiger partial charge in [0.25, 0.3) is 10.0 Å². The van der Waals surface area contributed by atoms with Gasteiger partial charge in [-0.3, -0.25) is 14.5 Å². The Morgan fingerprint density at radius 1 is 1.09 bits per heavy atom. The number of fused-ring (bicyclic) bond motifs is 1. The molecule has 8 heteroatoms. The number of amides is 1. The van der Waals surface area contributed by atoms with E-state index >= 15 is 0 Å². The number of nitrogens with zero attached hydrogens (tertiary/aromatic N) is 3. The molecule has 2 atom stereocenters. The van der Waals surface area contributed by atoms with Gasteiger partial charge >= 0.3 is 0 Å². The minimum atomic E-state index is -3.64. The van der Waals surface area contributed by atoms with Gasteiger partial charge in [-0.25, -0.2) is 8.42 Å². The SMILES string of the molecule is CC[C@H](C)[C@@H](N=C1NS(=O)(=O)c2ccccc21)C(=O)N1CCN(c2cccc(C)c2)CC1. The zero-order chi connectivity index (χ0) is 22.9. The van der Waals surface area contributed by atoms with Crippen molar-refractivity contribution in [3.8, 4) is 0 Å². The van der Waals surface area contributed by atoms with Crippen LogP contribution in [-0.2, 0) is 14.8 Å². The van der Waals surface area contributed by atoms with Crippen LogP contribution < -0.4 is 9.62 Å². The predicted octanol–water partition coefficient (Wildman–Crippen LogP) is 2.80. The third kappa shape index (κ3) is 4.37. The fourth-order valence-corrected chi connectivity index (χ4v) is 5.45. The molecule has 2 aliphatic heterocycles. The Hall–Kier alpha value is -2.87. The molecule has 1 N–H and O–H groups in total. The van der Waals surface area contributed by atoms with Gasteiger partial charge in [-0.1, -0.05) is 44.5 Å². The lowest BCUT2D eigenvalue weighted by atomic mass is 9.97. The summed E-state index contributed by atoms with van der Waals surface area (Å²) < 4.78 is 27.5. The van der Waals surface area contributed by atoms with E-state index in [2.05, 4.69) is 45.8 Å². The van der Waals surface area contributed by atoms with E-state index in [9.17, 15) is 13.2 Å². The second kappa shape index (κ2) is 8.94. The monoisotopic (exact) mass is 454 g/mol. The van der Waals surface area contributed by atoms with Crippen LogP contribution in [0, 0.1) is 12.8 Å². The maximum atomic E-state index is 13.5. The Bertz CT molecular complexity index is 1140. The number of amidine groups is 1. The summed E-state index contributed by atoms with van der Waals surface area (Å²) in [4.78, 5) is 22.5. The maximum Gasteiger partial charge on any atom is 0.263 e. The van der Waals surface area contributed by atoms with E-state index in [-0.39, 0.29) is 22.6 Å². The van der Waals surface area contributed by atoms with Gasteiger partial charge in [0.1, 0.15) is 11.9 Å². The summed E-state index contributed by atoms with van der Waals surface area (Å²) in [5.41, 5.74) is 2.92. The number of carbonyl (C=O) groups excluding carboxylic acids is 1. The Morgan fingerprint density at radius 2 is 1.81 bits per heavy atom. The van der Waals surface area contributed by atoms with Crippen LogP contribution in [0.25, 0.3) is 0 Å². The minimum absolute atomic E-state index is 0.0120. The summed E-state index contributed by atoms with van der Waals surface area (Å²) in [5, 5.41) is 0. The lowest BCUT2D eigenvalue weighted by molar-refractivity contribution is -0.133. The highest BCUT2D eigenvalue weighted by Crippen LogP contribution is 2.25. The summed E-state index contributed by atoms with van der Waals surface area (Å²) in [6.07, 6.45) is 0.769. The first-order valence-corrected chi connectivity index (χ1v) is 12.6. The van der Waals surface area contributed by atoms with Crippen molar-refractivity contribution in [3.63, 3.8) is 0 Å². The number of anilines is 1. The fourth-order valence-electron chi connectivity index (χ4n) is 4.21. The van der Waals surface area contributed by atoms with Crippen LogP contribution in [0.4, 0.5) is 5.69 Å². The molecule has 0 aliphatic carbocycles. The second-order valence-corrected chi connectivity index (χ2v) is 10.2. The molecule has 0 bridgehead atoms. The van der Waals surface area contributed by atoms with E-state index in [0.717, 1.165) is 19.5 Å². The highest BCUT2D eigenvalue weighted by molar-refractivity contribution is 7.90. The Labute approximate surface area is 190 Å². The van der Waals surface area contributed by atoms with Crippen LogP contribution in [0.5, 0.6) is 0 Å². The molecule has 1 fully saturated rings. The molecule has 0 radical (unpaired) electrons. The number of hydrogen-bond donors (Lipinski definition) is 1. The Morgan fingerprint density at radius 3 is 2.50 bits per heavy atom. The summed E-state index contributed by atoms with van der Waals surface area (Å²) in [6.45, 7) is 8.84. The van der Waals surface area contributed by atoms with Crippen LogP contribution in [0.2, 0.25) is 0 Å². The molecule has 32 heavy (non-hydrogen) atoms. The molecule has 2 aromatic rings. The van der Waals surface area contributed by atoms with Crippen molar-refractivity contribution < 1.29 is 13.2 Å². The van der Waals surface area contributed by atoms with Gasteiger partial charge in [-0.15, -0.1) is 0 Å². The van der Waals surface area contributed by atoms with Crippen molar-refractivity contribution in [2.24, 2.45) is 10.9 Å². The first-order chi connectivity index (χ1) is 15.3. The summed E-state index contributed by atoms with van der Waals surface area (Å²) >= 11 is 0. The topological polar surface area (TPSA) is 82.1 Å². The molecule has 1 saturated heterocycles. The highest BCUT2D eigenvalue weighted by Gasteiger charge is 2.35. The van der Waals surface area contributed by atoms with Crippen molar-refractivity contribution in [3.05, 3.63) is 59.7 Å². The zero-order valence-corrected chi connectivity index (χ0v) is 19.6. The zero-order valence-electron chi connectivity index (χ0n) is 18.8. The van der Waals surface area contributed by atoms with E-state index in [4.69, 9.17) is 0 Å². The van der Waals surface area contributed by atoms with Gasteiger partial charge in [0.05, 0.1) is 4.90 Å². The van der Waals surface area contributed by atoms with Gasteiger partial charge in [-0.2, -0.15) is 0 Å². The average molecular weight is 455 g/mol. The lowest BCUT2D eigenvalue weighted by Crippen LogP contribution is -2.52. The third-order valence-electron chi connectivity index (χ3n) is 6.33. The third-order valence-corrected chi connectivity index (χ3v) is 7.72. The molecule has 2 heterocycles. The van der Waals surface area contributed by atoms with Crippen molar-refractivity contribution >= 4 is 27.5 Å². The number of nitrogens with one attached hydrogen (secondary N) is 1. The summed E-state index contributed by atoms with van der Waals surface area (Å²) in [5.74, 6) is 0.207. The fraction of sp³-hybridized carbons (Fsp3) is 0.417. The van der Waals surface area contributed by atoms with Crippen LogP contribution in [0.3, 0.4) is 0 Å². The number of hydrogen-bond acceptors (Lipinski definition) is 5. The number of carbonyl (C=O) groups is 1. The van der Waals surface area contributed by atoms with Gasteiger partial charge in [0.2, 0.25) is 5.91 Å². The number of aryl methyl sites for hydroxylation is 1. The van der Waals surface area contributed by atoms with Crippen LogP contribution in [0.15, 0.2) is 58.4 Å². The van der Waals surface area contributed by atoms with Crippen molar-refractivity contribution in [2.45, 2.75) is 38.1 Å². The van der Waals surface area contributed by atoms with Crippen molar-refractivity contribution in [1.29, 1.82) is 0 Å². The lowest BCUT2D eigenvalue weighted by Gasteiger charge is -2.38. The van der Waals surface area contributed by atoms with Gasteiger partial charge in [0, 0.05) is 37.4 Å².